The highest BCUT2D eigenvalue weighted by Crippen LogP contribution is 2.61. The van der Waals surface area contributed by atoms with Crippen molar-refractivity contribution in [3.8, 4) is 0 Å². The van der Waals surface area contributed by atoms with E-state index in [4.69, 9.17) is 4.74 Å². The molecule has 2 fully saturated rings. The summed E-state index contributed by atoms with van der Waals surface area (Å²) < 4.78 is 4.67. The first-order valence-electron chi connectivity index (χ1n) is 13.0. The third-order valence-electron chi connectivity index (χ3n) is 7.97. The van der Waals surface area contributed by atoms with Crippen molar-refractivity contribution >= 4 is 46.0 Å². The van der Waals surface area contributed by atoms with Crippen LogP contribution in [0, 0.1) is 11.8 Å². The lowest BCUT2D eigenvalue weighted by molar-refractivity contribution is -0.153. The molecule has 8 heteroatoms. The van der Waals surface area contributed by atoms with Gasteiger partial charge in [0, 0.05) is 30.6 Å². The van der Waals surface area contributed by atoms with Crippen LogP contribution in [-0.2, 0) is 19.1 Å². The third-order valence-corrected chi connectivity index (χ3v) is 9.72. The minimum atomic E-state index is -0.859. The van der Waals surface area contributed by atoms with E-state index in [1.54, 1.807) is 21.6 Å². The molecule has 6 rings (SSSR count). The largest absolute Gasteiger partial charge is 0.465 e. The summed E-state index contributed by atoms with van der Waals surface area (Å²) in [6.45, 7) is 1.06. The zero-order chi connectivity index (χ0) is 25.6. The van der Waals surface area contributed by atoms with Crippen LogP contribution in [0.1, 0.15) is 19.3 Å². The molecule has 2 aromatic rings. The lowest BCUT2D eigenvalue weighted by atomic mass is 9.78. The number of hydrogen-bond acceptors (Lipinski definition) is 6. The molecule has 1 spiro atoms. The maximum Gasteiger partial charge on any atom is 0.311 e. The van der Waals surface area contributed by atoms with Crippen LogP contribution in [0.25, 0.3) is 10.8 Å². The van der Waals surface area contributed by atoms with Gasteiger partial charge >= 0.3 is 5.97 Å². The summed E-state index contributed by atoms with van der Waals surface area (Å²) in [6.07, 6.45) is 9.79. The van der Waals surface area contributed by atoms with E-state index in [2.05, 4.69) is 0 Å². The monoisotopic (exact) mass is 518 g/mol. The molecule has 4 heterocycles. The van der Waals surface area contributed by atoms with Gasteiger partial charge in [0.15, 0.2) is 0 Å². The van der Waals surface area contributed by atoms with Crippen molar-refractivity contribution in [2.24, 2.45) is 11.8 Å². The van der Waals surface area contributed by atoms with Crippen LogP contribution in [0.15, 0.2) is 66.8 Å². The van der Waals surface area contributed by atoms with Gasteiger partial charge in [0.25, 0.3) is 5.91 Å². The van der Waals surface area contributed by atoms with Crippen LogP contribution in [0.5, 0.6) is 0 Å². The molecule has 1 N–H and O–H groups in total. The summed E-state index contributed by atoms with van der Waals surface area (Å²) in [5.41, 5.74) is 0.782. The number of anilines is 1. The van der Waals surface area contributed by atoms with E-state index in [-0.39, 0.29) is 29.6 Å². The Labute approximate surface area is 220 Å². The van der Waals surface area contributed by atoms with Gasteiger partial charge in [-0.2, -0.15) is 0 Å². The number of ether oxygens (including phenoxy) is 1. The van der Waals surface area contributed by atoms with Crippen LogP contribution >= 0.6 is 11.8 Å². The summed E-state index contributed by atoms with van der Waals surface area (Å²) in [5, 5.41) is 11.3. The van der Waals surface area contributed by atoms with Gasteiger partial charge in [-0.15, -0.1) is 11.8 Å². The molecule has 37 heavy (non-hydrogen) atoms. The Morgan fingerprint density at radius 1 is 1.03 bits per heavy atom. The molecule has 0 aromatic heterocycles. The molecule has 0 saturated carbocycles. The molecule has 7 nitrogen and oxygen atoms in total. The van der Waals surface area contributed by atoms with Gasteiger partial charge < -0.3 is 19.6 Å². The highest BCUT2D eigenvalue weighted by Gasteiger charge is 2.70. The number of amides is 2. The van der Waals surface area contributed by atoms with Gasteiger partial charge in [-0.1, -0.05) is 54.6 Å². The van der Waals surface area contributed by atoms with E-state index in [1.165, 1.54) is 0 Å². The highest BCUT2D eigenvalue weighted by molar-refractivity contribution is 8.02. The van der Waals surface area contributed by atoms with Crippen LogP contribution in [0.2, 0.25) is 0 Å². The van der Waals surface area contributed by atoms with E-state index in [9.17, 15) is 19.5 Å². The number of cyclic esters (lactones) is 1. The Bertz CT molecular complexity index is 1310. The first-order valence-corrected chi connectivity index (χ1v) is 13.8. The van der Waals surface area contributed by atoms with E-state index in [0.29, 0.717) is 39.0 Å². The number of aliphatic hydroxyl groups excluding tert-OH is 1. The minimum Gasteiger partial charge on any atom is -0.465 e. The first-order chi connectivity index (χ1) is 18.0. The number of likely N-dealkylation sites (tertiary alicyclic amines) is 1. The Morgan fingerprint density at radius 3 is 2.70 bits per heavy atom. The number of esters is 1. The quantitative estimate of drug-likeness (QED) is 0.371. The second-order valence-corrected chi connectivity index (χ2v) is 11.6. The van der Waals surface area contributed by atoms with Crippen molar-refractivity contribution in [2.45, 2.75) is 35.3 Å². The molecule has 4 aliphatic rings. The number of benzene rings is 2. The molecule has 2 aromatic carbocycles. The van der Waals surface area contributed by atoms with Gasteiger partial charge in [0.1, 0.15) is 6.04 Å². The SMILES string of the molecule is O=C1OCCC=C[C@@H]2S[C@]34C=CCN(c5ccc6ccccc6c5)C(=O)C3N(CCCCO)C(=O)[C@@H]4[C@H]12. The highest BCUT2D eigenvalue weighted by atomic mass is 32.2. The first kappa shape index (κ1) is 24.2. The maximum atomic E-state index is 14.4. The molecule has 0 aliphatic carbocycles. The predicted octanol–water partition coefficient (Wildman–Crippen LogP) is 3.32. The van der Waals surface area contributed by atoms with E-state index in [1.807, 2.05) is 66.8 Å². The molecule has 5 atom stereocenters. The summed E-state index contributed by atoms with van der Waals surface area (Å²) in [6, 6.07) is 13.3. The van der Waals surface area contributed by atoms with E-state index < -0.39 is 22.6 Å². The Hall–Kier alpha value is -3.10. The minimum absolute atomic E-state index is 0.0227. The molecule has 192 valence electrons. The summed E-state index contributed by atoms with van der Waals surface area (Å²) in [5.74, 6) is -1.98. The molecule has 2 amide bonds. The number of fused-ring (bicyclic) bond motifs is 3. The Balaban J connectivity index is 1.43. The van der Waals surface area contributed by atoms with Crippen molar-refractivity contribution in [1.82, 2.24) is 4.90 Å². The fourth-order valence-corrected chi connectivity index (χ4v) is 8.32. The Morgan fingerprint density at radius 2 is 1.86 bits per heavy atom. The second kappa shape index (κ2) is 9.65. The van der Waals surface area contributed by atoms with Crippen molar-refractivity contribution in [3.63, 3.8) is 0 Å². The molecule has 2 saturated heterocycles. The average Bonchev–Trinajstić information content (AvgIpc) is 3.27. The number of rotatable bonds is 5. The number of unbranched alkanes of at least 4 members (excludes halogenated alkanes) is 1. The lowest BCUT2D eigenvalue weighted by Gasteiger charge is -2.35. The van der Waals surface area contributed by atoms with Crippen LogP contribution in [0.3, 0.4) is 0 Å². The van der Waals surface area contributed by atoms with E-state index >= 15 is 0 Å². The van der Waals surface area contributed by atoms with Crippen molar-refractivity contribution in [1.29, 1.82) is 0 Å². The lowest BCUT2D eigenvalue weighted by Crippen LogP contribution is -2.53. The summed E-state index contributed by atoms with van der Waals surface area (Å²) in [7, 11) is 0. The van der Waals surface area contributed by atoms with E-state index in [0.717, 1.165) is 16.5 Å². The smallest absolute Gasteiger partial charge is 0.311 e. The molecule has 0 radical (unpaired) electrons. The van der Waals surface area contributed by atoms with Crippen molar-refractivity contribution < 1.29 is 24.2 Å². The van der Waals surface area contributed by atoms with Gasteiger partial charge in [0.05, 0.1) is 23.2 Å². The molecule has 4 aliphatic heterocycles. The number of carbonyl (C=O) groups excluding carboxylic acids is 3. The average molecular weight is 519 g/mol. The zero-order valence-corrected chi connectivity index (χ0v) is 21.3. The summed E-state index contributed by atoms with van der Waals surface area (Å²) >= 11 is 1.55. The zero-order valence-electron chi connectivity index (χ0n) is 20.5. The second-order valence-electron chi connectivity index (χ2n) is 10.1. The fraction of sp³-hybridized carbons (Fsp3) is 0.414. The fourth-order valence-electron chi connectivity index (χ4n) is 6.32. The molecule has 1 unspecified atom stereocenters. The summed E-state index contributed by atoms with van der Waals surface area (Å²) in [4.78, 5) is 45.0. The normalized spacial score (nSPS) is 31.0. The predicted molar refractivity (Wildman–Crippen MR) is 143 cm³/mol. The van der Waals surface area contributed by atoms with Crippen LogP contribution in [-0.4, -0.2) is 70.1 Å². The maximum absolute atomic E-state index is 14.4. The molecule has 0 bridgehead atoms. The van der Waals surface area contributed by atoms with Crippen LogP contribution in [0.4, 0.5) is 5.69 Å². The Kier molecular flexibility index (Phi) is 6.32. The van der Waals surface area contributed by atoms with Gasteiger partial charge in [-0.05, 0) is 42.2 Å². The number of hydrogen-bond donors (Lipinski definition) is 1. The third kappa shape index (κ3) is 3.89. The molecular formula is C29H30N2O5S. The number of carbonyl (C=O) groups is 3. The number of thioether (sulfide) groups is 1. The standard InChI is InChI=1S/C29H30N2O5S/c32-16-5-4-14-31-25-27(34)30(21-12-11-19-8-1-2-9-20(19)18-21)15-7-13-29(25)24(26(31)33)23-22(37-29)10-3-6-17-36-28(23)35/h1-3,7-13,18,22-25,32H,4-6,14-17H2/t22-,23+,24-,25?,29-/m0/s1. The van der Waals surface area contributed by atoms with Gasteiger partial charge in [-0.3, -0.25) is 14.4 Å². The molecular weight excluding hydrogens is 488 g/mol. The topological polar surface area (TPSA) is 87.2 Å². The van der Waals surface area contributed by atoms with Crippen molar-refractivity contribution in [2.75, 3.05) is 31.2 Å². The number of aliphatic hydroxyl groups is 1. The van der Waals surface area contributed by atoms with Crippen LogP contribution < -0.4 is 4.90 Å². The van der Waals surface area contributed by atoms with Crippen molar-refractivity contribution in [3.05, 3.63) is 66.8 Å². The van der Waals surface area contributed by atoms with Gasteiger partial charge in [0.2, 0.25) is 5.91 Å². The van der Waals surface area contributed by atoms with Gasteiger partial charge in [-0.25, -0.2) is 0 Å². The number of nitrogens with zero attached hydrogens (tertiary/aromatic N) is 2.